The van der Waals surface area contributed by atoms with E-state index in [1.165, 1.54) is 6.92 Å². The van der Waals surface area contributed by atoms with E-state index in [0.717, 1.165) is 18.4 Å². The van der Waals surface area contributed by atoms with Crippen LogP contribution < -0.4 is 0 Å². The van der Waals surface area contributed by atoms with E-state index in [4.69, 9.17) is 25.5 Å². The van der Waals surface area contributed by atoms with Crippen LogP contribution in [0.5, 0.6) is 0 Å². The largest absolute Gasteiger partial charge is 0.476 e. The Morgan fingerprint density at radius 3 is 2.48 bits per heavy atom. The Bertz CT molecular complexity index is 1010. The summed E-state index contributed by atoms with van der Waals surface area (Å²) in [6.45, 7) is 1.43. The standard InChI is InChI=1S/C15H8ClFN2O6/c1-5-18-11(12(25-5)15(22)23)6-3-9(17)8(16)2-7(6)13-19-10(4-24-13)14(20)21/h2-4H,1H3,(H,20,21)(H,22,23). The summed E-state index contributed by atoms with van der Waals surface area (Å²) in [6.07, 6.45) is 0.894. The molecule has 0 amide bonds. The van der Waals surface area contributed by atoms with Crippen LogP contribution in [-0.4, -0.2) is 32.1 Å². The molecule has 3 rings (SSSR count). The summed E-state index contributed by atoms with van der Waals surface area (Å²) in [5.41, 5.74) is -0.494. The third-order valence-electron chi connectivity index (χ3n) is 3.20. The maximum absolute atomic E-state index is 14.0. The zero-order valence-electron chi connectivity index (χ0n) is 12.4. The van der Waals surface area contributed by atoms with E-state index in [-0.39, 0.29) is 39.3 Å². The predicted octanol–water partition coefficient (Wildman–Crippen LogP) is 3.49. The molecular weight excluding hydrogens is 359 g/mol. The molecule has 2 heterocycles. The van der Waals surface area contributed by atoms with Crippen LogP contribution in [0.25, 0.3) is 22.7 Å². The molecule has 0 aliphatic heterocycles. The van der Waals surface area contributed by atoms with E-state index in [9.17, 15) is 19.1 Å². The van der Waals surface area contributed by atoms with Crippen molar-refractivity contribution in [3.63, 3.8) is 0 Å². The van der Waals surface area contributed by atoms with Crippen LogP contribution in [0.15, 0.2) is 27.2 Å². The first-order chi connectivity index (χ1) is 11.8. The van der Waals surface area contributed by atoms with Gasteiger partial charge in [0.15, 0.2) is 11.6 Å². The maximum Gasteiger partial charge on any atom is 0.374 e. The average molecular weight is 367 g/mol. The van der Waals surface area contributed by atoms with Gasteiger partial charge >= 0.3 is 11.9 Å². The smallest absolute Gasteiger partial charge is 0.374 e. The third kappa shape index (κ3) is 2.96. The fourth-order valence-corrected chi connectivity index (χ4v) is 2.33. The summed E-state index contributed by atoms with van der Waals surface area (Å²) in [7, 11) is 0. The lowest BCUT2D eigenvalue weighted by atomic mass is 10.0. The SMILES string of the molecule is Cc1nc(-c2cc(F)c(Cl)cc2-c2nc(C(=O)O)co2)c(C(=O)O)o1. The topological polar surface area (TPSA) is 127 Å². The second kappa shape index (κ2) is 6.02. The lowest BCUT2D eigenvalue weighted by Gasteiger charge is -2.06. The van der Waals surface area contributed by atoms with Crippen LogP contribution >= 0.6 is 11.6 Å². The number of aromatic nitrogens is 2. The molecule has 3 aromatic rings. The molecule has 0 saturated carbocycles. The van der Waals surface area contributed by atoms with Gasteiger partial charge in [-0.15, -0.1) is 0 Å². The molecule has 0 spiro atoms. The van der Waals surface area contributed by atoms with Gasteiger partial charge in [0.1, 0.15) is 17.8 Å². The summed E-state index contributed by atoms with van der Waals surface area (Å²) >= 11 is 5.78. The molecule has 25 heavy (non-hydrogen) atoms. The molecule has 0 radical (unpaired) electrons. The minimum absolute atomic E-state index is 0.0186. The molecular formula is C15H8ClFN2O6. The van der Waals surface area contributed by atoms with Gasteiger partial charge in [0.25, 0.3) is 0 Å². The van der Waals surface area contributed by atoms with Gasteiger partial charge < -0.3 is 19.0 Å². The highest BCUT2D eigenvalue weighted by Crippen LogP contribution is 2.36. The van der Waals surface area contributed by atoms with E-state index in [1.54, 1.807) is 0 Å². The fraction of sp³-hybridized carbons (Fsp3) is 0.0667. The van der Waals surface area contributed by atoms with Crippen molar-refractivity contribution >= 4 is 23.5 Å². The van der Waals surface area contributed by atoms with Crippen molar-refractivity contribution in [2.75, 3.05) is 0 Å². The number of benzene rings is 1. The molecule has 0 aliphatic carbocycles. The van der Waals surface area contributed by atoms with E-state index < -0.39 is 23.5 Å². The van der Waals surface area contributed by atoms with Crippen molar-refractivity contribution in [3.8, 4) is 22.7 Å². The number of hydrogen-bond donors (Lipinski definition) is 2. The van der Waals surface area contributed by atoms with Gasteiger partial charge in [0.2, 0.25) is 11.7 Å². The number of aryl methyl sites for hydroxylation is 1. The molecule has 2 N–H and O–H groups in total. The Hall–Kier alpha value is -3.20. The van der Waals surface area contributed by atoms with Gasteiger partial charge in [0.05, 0.1) is 5.02 Å². The molecule has 2 aromatic heterocycles. The van der Waals surface area contributed by atoms with Crippen molar-refractivity contribution in [1.29, 1.82) is 0 Å². The highest BCUT2D eigenvalue weighted by molar-refractivity contribution is 6.31. The highest BCUT2D eigenvalue weighted by Gasteiger charge is 2.25. The maximum atomic E-state index is 14.0. The number of aromatic carboxylic acids is 2. The van der Waals surface area contributed by atoms with Crippen molar-refractivity contribution in [1.82, 2.24) is 9.97 Å². The Balaban J connectivity index is 2.28. The Morgan fingerprint density at radius 1 is 1.16 bits per heavy atom. The molecule has 128 valence electrons. The Morgan fingerprint density at radius 2 is 1.88 bits per heavy atom. The Labute approximate surface area is 143 Å². The van der Waals surface area contributed by atoms with E-state index in [1.807, 2.05) is 0 Å². The average Bonchev–Trinajstić information content (AvgIpc) is 3.16. The highest BCUT2D eigenvalue weighted by atomic mass is 35.5. The summed E-state index contributed by atoms with van der Waals surface area (Å²) < 4.78 is 24.1. The quantitative estimate of drug-likeness (QED) is 0.718. The normalized spacial score (nSPS) is 10.8. The molecule has 0 fully saturated rings. The number of carboxylic acid groups (broad SMARTS) is 2. The second-order valence-electron chi connectivity index (χ2n) is 4.87. The van der Waals surface area contributed by atoms with Gasteiger partial charge in [-0.05, 0) is 12.1 Å². The van der Waals surface area contributed by atoms with Crippen molar-refractivity contribution in [2.24, 2.45) is 0 Å². The van der Waals surface area contributed by atoms with Crippen LogP contribution in [0.4, 0.5) is 4.39 Å². The number of carbonyl (C=O) groups is 2. The van der Waals surface area contributed by atoms with Gasteiger partial charge in [-0.1, -0.05) is 11.6 Å². The number of rotatable bonds is 4. The van der Waals surface area contributed by atoms with Crippen LogP contribution in [0, 0.1) is 12.7 Å². The van der Waals surface area contributed by atoms with Crippen molar-refractivity contribution in [2.45, 2.75) is 6.92 Å². The van der Waals surface area contributed by atoms with Gasteiger partial charge in [0, 0.05) is 18.1 Å². The molecule has 0 saturated heterocycles. The zero-order valence-corrected chi connectivity index (χ0v) is 13.2. The first-order valence-electron chi connectivity index (χ1n) is 6.67. The fourth-order valence-electron chi connectivity index (χ4n) is 2.17. The monoisotopic (exact) mass is 366 g/mol. The lowest BCUT2D eigenvalue weighted by Crippen LogP contribution is -1.99. The van der Waals surface area contributed by atoms with Gasteiger partial charge in [-0.25, -0.2) is 23.9 Å². The molecule has 0 atom stereocenters. The first kappa shape index (κ1) is 16.7. The van der Waals surface area contributed by atoms with Gasteiger partial charge in [-0.2, -0.15) is 0 Å². The second-order valence-corrected chi connectivity index (χ2v) is 5.28. The van der Waals surface area contributed by atoms with Crippen LogP contribution in [0.2, 0.25) is 5.02 Å². The summed E-state index contributed by atoms with van der Waals surface area (Å²) in [4.78, 5) is 30.0. The zero-order chi connectivity index (χ0) is 18.3. The molecule has 10 heteroatoms. The third-order valence-corrected chi connectivity index (χ3v) is 3.49. The number of nitrogens with zero attached hydrogens (tertiary/aromatic N) is 2. The van der Waals surface area contributed by atoms with Crippen LogP contribution in [0.3, 0.4) is 0 Å². The summed E-state index contributed by atoms with van der Waals surface area (Å²) in [5, 5.41) is 17.9. The van der Waals surface area contributed by atoms with E-state index in [2.05, 4.69) is 9.97 Å². The van der Waals surface area contributed by atoms with E-state index in [0.29, 0.717) is 0 Å². The summed E-state index contributed by atoms with van der Waals surface area (Å²) in [5.74, 6) is -4.21. The molecule has 1 aromatic carbocycles. The van der Waals surface area contributed by atoms with Crippen molar-refractivity contribution < 1.29 is 33.0 Å². The molecule has 8 nitrogen and oxygen atoms in total. The van der Waals surface area contributed by atoms with Gasteiger partial charge in [-0.3, -0.25) is 0 Å². The number of halogens is 2. The van der Waals surface area contributed by atoms with Crippen molar-refractivity contribution in [3.05, 3.63) is 46.6 Å². The number of hydrogen-bond acceptors (Lipinski definition) is 6. The summed E-state index contributed by atoms with van der Waals surface area (Å²) in [6, 6.07) is 2.09. The Kier molecular flexibility index (Phi) is 4.01. The number of oxazole rings is 2. The van der Waals surface area contributed by atoms with E-state index >= 15 is 0 Å². The van der Waals surface area contributed by atoms with Crippen LogP contribution in [0.1, 0.15) is 26.9 Å². The lowest BCUT2D eigenvalue weighted by molar-refractivity contribution is 0.0658. The number of carboxylic acids is 2. The molecule has 0 bridgehead atoms. The molecule has 0 unspecified atom stereocenters. The predicted molar refractivity (Wildman–Crippen MR) is 81.1 cm³/mol. The van der Waals surface area contributed by atoms with Crippen LogP contribution in [-0.2, 0) is 0 Å². The first-order valence-corrected chi connectivity index (χ1v) is 7.05. The minimum Gasteiger partial charge on any atom is -0.476 e. The molecule has 0 aliphatic rings. The minimum atomic E-state index is -1.41.